The van der Waals surface area contributed by atoms with Crippen LogP contribution in [0.3, 0.4) is 0 Å². The Kier molecular flexibility index (Phi) is 5.56. The Bertz CT molecular complexity index is 287. The Labute approximate surface area is 102 Å². The predicted molar refractivity (Wildman–Crippen MR) is 66.9 cm³/mol. The third kappa shape index (κ3) is 4.01. The number of halogens is 2. The van der Waals surface area contributed by atoms with Gasteiger partial charge in [-0.2, -0.15) is 0 Å². The van der Waals surface area contributed by atoms with Crippen molar-refractivity contribution in [2.24, 2.45) is 0 Å². The zero-order valence-electron chi connectivity index (χ0n) is 8.22. The minimum atomic E-state index is 0.800. The molecule has 0 aromatic heterocycles. The van der Waals surface area contributed by atoms with Gasteiger partial charge in [0.25, 0.3) is 0 Å². The summed E-state index contributed by atoms with van der Waals surface area (Å²) in [6.45, 7) is 2.99. The van der Waals surface area contributed by atoms with Gasteiger partial charge in [-0.15, -0.1) is 0 Å². The van der Waals surface area contributed by atoms with Crippen molar-refractivity contribution in [3.63, 3.8) is 0 Å². The van der Waals surface area contributed by atoms with Crippen molar-refractivity contribution in [3.8, 4) is 5.75 Å². The second-order valence-electron chi connectivity index (χ2n) is 3.13. The monoisotopic (exact) mass is 320 g/mol. The summed E-state index contributed by atoms with van der Waals surface area (Å²) in [5, 5.41) is 0. The molecule has 0 saturated carbocycles. The quantitative estimate of drug-likeness (QED) is 0.709. The smallest absolute Gasteiger partial charge is 0.133 e. The van der Waals surface area contributed by atoms with E-state index in [-0.39, 0.29) is 0 Å². The lowest BCUT2D eigenvalue weighted by atomic mass is 10.3. The normalized spacial score (nSPS) is 10.2. The molecule has 0 saturated heterocycles. The summed E-state index contributed by atoms with van der Waals surface area (Å²) >= 11 is 6.87. The first-order valence-corrected chi connectivity index (χ1v) is 6.40. The van der Waals surface area contributed by atoms with Gasteiger partial charge >= 0.3 is 0 Å². The molecule has 0 amide bonds. The molecule has 0 spiro atoms. The van der Waals surface area contributed by atoms with E-state index in [1.807, 2.05) is 18.2 Å². The van der Waals surface area contributed by atoms with E-state index in [1.165, 1.54) is 12.8 Å². The Balaban J connectivity index is 2.42. The molecule has 0 aliphatic rings. The zero-order chi connectivity index (χ0) is 10.4. The van der Waals surface area contributed by atoms with Crippen LogP contribution in [0.5, 0.6) is 5.75 Å². The first-order chi connectivity index (χ1) is 6.74. The lowest BCUT2D eigenvalue weighted by molar-refractivity contribution is 0.304. The number of hydrogen-bond donors (Lipinski definition) is 0. The fourth-order valence-corrected chi connectivity index (χ4v) is 2.29. The van der Waals surface area contributed by atoms with E-state index in [1.54, 1.807) is 0 Å². The second-order valence-corrected chi connectivity index (χ2v) is 4.90. The van der Waals surface area contributed by atoms with Crippen LogP contribution in [0.15, 0.2) is 27.1 Å². The third-order valence-corrected chi connectivity index (χ3v) is 3.01. The highest BCUT2D eigenvalue weighted by Crippen LogP contribution is 2.28. The highest BCUT2D eigenvalue weighted by Gasteiger charge is 2.00. The van der Waals surface area contributed by atoms with Gasteiger partial charge in [-0.3, -0.25) is 0 Å². The van der Waals surface area contributed by atoms with Gasteiger partial charge in [0.15, 0.2) is 0 Å². The van der Waals surface area contributed by atoms with Crippen LogP contribution in [-0.4, -0.2) is 6.61 Å². The van der Waals surface area contributed by atoms with Crippen molar-refractivity contribution in [2.45, 2.75) is 26.2 Å². The molecular formula is C11H14Br2O. The second kappa shape index (κ2) is 6.46. The molecule has 14 heavy (non-hydrogen) atoms. The van der Waals surface area contributed by atoms with Crippen LogP contribution < -0.4 is 4.74 Å². The summed E-state index contributed by atoms with van der Waals surface area (Å²) in [5.74, 6) is 0.921. The van der Waals surface area contributed by atoms with Crippen LogP contribution in [0.4, 0.5) is 0 Å². The van der Waals surface area contributed by atoms with E-state index in [0.717, 1.165) is 27.7 Å². The van der Waals surface area contributed by atoms with Crippen molar-refractivity contribution in [2.75, 3.05) is 6.61 Å². The molecule has 0 radical (unpaired) electrons. The number of rotatable bonds is 5. The molecule has 0 unspecified atom stereocenters. The summed E-state index contributed by atoms with van der Waals surface area (Å²) in [6, 6.07) is 5.95. The van der Waals surface area contributed by atoms with Crippen LogP contribution >= 0.6 is 31.9 Å². The maximum atomic E-state index is 5.63. The molecule has 0 aliphatic carbocycles. The molecular weight excluding hydrogens is 308 g/mol. The molecule has 0 heterocycles. The first kappa shape index (κ1) is 12.1. The maximum absolute atomic E-state index is 5.63. The van der Waals surface area contributed by atoms with Crippen molar-refractivity contribution in [1.82, 2.24) is 0 Å². The number of ether oxygens (including phenoxy) is 1. The van der Waals surface area contributed by atoms with Gasteiger partial charge < -0.3 is 4.74 Å². The Morgan fingerprint density at radius 2 is 2.00 bits per heavy atom. The van der Waals surface area contributed by atoms with Crippen LogP contribution in [-0.2, 0) is 0 Å². The molecule has 1 rings (SSSR count). The number of hydrogen-bond acceptors (Lipinski definition) is 1. The molecule has 3 heteroatoms. The first-order valence-electron chi connectivity index (χ1n) is 4.82. The minimum absolute atomic E-state index is 0.800. The van der Waals surface area contributed by atoms with Crippen LogP contribution in [0.1, 0.15) is 26.2 Å². The van der Waals surface area contributed by atoms with E-state index >= 15 is 0 Å². The van der Waals surface area contributed by atoms with Crippen molar-refractivity contribution >= 4 is 31.9 Å². The van der Waals surface area contributed by atoms with E-state index < -0.39 is 0 Å². The molecule has 0 fully saturated rings. The fourth-order valence-electron chi connectivity index (χ4n) is 1.13. The number of benzene rings is 1. The maximum Gasteiger partial charge on any atom is 0.133 e. The lowest BCUT2D eigenvalue weighted by Crippen LogP contribution is -1.97. The third-order valence-electron chi connectivity index (χ3n) is 1.90. The molecule has 0 bridgehead atoms. The van der Waals surface area contributed by atoms with Gasteiger partial charge in [-0.25, -0.2) is 0 Å². The fraction of sp³-hybridized carbons (Fsp3) is 0.455. The standard InChI is InChI=1S/C11H14Br2O/c1-2-3-4-7-14-11-6-5-9(12)8-10(11)13/h5-6,8H,2-4,7H2,1H3. The average molecular weight is 322 g/mol. The van der Waals surface area contributed by atoms with Gasteiger partial charge in [-0.1, -0.05) is 35.7 Å². The molecule has 0 aliphatic heterocycles. The highest BCUT2D eigenvalue weighted by molar-refractivity contribution is 9.11. The van der Waals surface area contributed by atoms with Crippen LogP contribution in [0.25, 0.3) is 0 Å². The lowest BCUT2D eigenvalue weighted by Gasteiger charge is -2.07. The zero-order valence-corrected chi connectivity index (χ0v) is 11.4. The summed E-state index contributed by atoms with van der Waals surface area (Å²) < 4.78 is 7.69. The summed E-state index contributed by atoms with van der Waals surface area (Å²) in [6.07, 6.45) is 3.58. The molecule has 1 aromatic rings. The summed E-state index contributed by atoms with van der Waals surface area (Å²) in [5.41, 5.74) is 0. The minimum Gasteiger partial charge on any atom is -0.492 e. The van der Waals surface area contributed by atoms with E-state index in [9.17, 15) is 0 Å². The SMILES string of the molecule is CCCCCOc1ccc(Br)cc1Br. The molecule has 0 atom stereocenters. The van der Waals surface area contributed by atoms with Gasteiger partial charge in [0.05, 0.1) is 11.1 Å². The van der Waals surface area contributed by atoms with E-state index in [0.29, 0.717) is 0 Å². The van der Waals surface area contributed by atoms with E-state index in [4.69, 9.17) is 4.74 Å². The molecule has 0 N–H and O–H groups in total. The van der Waals surface area contributed by atoms with E-state index in [2.05, 4.69) is 38.8 Å². The largest absolute Gasteiger partial charge is 0.492 e. The van der Waals surface area contributed by atoms with Crippen LogP contribution in [0.2, 0.25) is 0 Å². The van der Waals surface area contributed by atoms with Crippen molar-refractivity contribution in [3.05, 3.63) is 27.1 Å². The molecule has 1 aromatic carbocycles. The number of unbranched alkanes of at least 4 members (excludes halogenated alkanes) is 2. The molecule has 1 nitrogen and oxygen atoms in total. The van der Waals surface area contributed by atoms with Gasteiger partial charge in [0.2, 0.25) is 0 Å². The Morgan fingerprint density at radius 1 is 1.21 bits per heavy atom. The van der Waals surface area contributed by atoms with Gasteiger partial charge in [0, 0.05) is 4.47 Å². The Hall–Kier alpha value is -0.0200. The van der Waals surface area contributed by atoms with Gasteiger partial charge in [-0.05, 0) is 40.5 Å². The predicted octanol–water partition coefficient (Wildman–Crippen LogP) is 4.78. The van der Waals surface area contributed by atoms with Crippen LogP contribution in [0, 0.1) is 0 Å². The highest BCUT2D eigenvalue weighted by atomic mass is 79.9. The topological polar surface area (TPSA) is 9.23 Å². The average Bonchev–Trinajstić information content (AvgIpc) is 2.15. The van der Waals surface area contributed by atoms with Gasteiger partial charge in [0.1, 0.15) is 5.75 Å². The Morgan fingerprint density at radius 3 is 2.64 bits per heavy atom. The molecule has 78 valence electrons. The van der Waals surface area contributed by atoms with Crippen molar-refractivity contribution < 1.29 is 4.74 Å². The summed E-state index contributed by atoms with van der Waals surface area (Å²) in [4.78, 5) is 0. The van der Waals surface area contributed by atoms with Crippen molar-refractivity contribution in [1.29, 1.82) is 0 Å². The summed E-state index contributed by atoms with van der Waals surface area (Å²) in [7, 11) is 0.